The van der Waals surface area contributed by atoms with Crippen LogP contribution < -0.4 is 0 Å². The summed E-state index contributed by atoms with van der Waals surface area (Å²) < 4.78 is 13.1. The molecule has 1 rings (SSSR count). The van der Waals surface area contributed by atoms with Crippen LogP contribution in [0.2, 0.25) is 0 Å². The second-order valence-electron chi connectivity index (χ2n) is 1.50. The number of hydrogen-bond donors (Lipinski definition) is 1. The van der Waals surface area contributed by atoms with Crippen molar-refractivity contribution in [1.82, 2.24) is 0 Å². The van der Waals surface area contributed by atoms with Crippen molar-refractivity contribution in [2.45, 2.75) is 5.97 Å². The Morgan fingerprint density at radius 2 is 2.33 bits per heavy atom. The van der Waals surface area contributed by atoms with E-state index in [1.165, 1.54) is 7.11 Å². The molecule has 1 N–H and O–H groups in total. The van der Waals surface area contributed by atoms with Crippen LogP contribution in [0.3, 0.4) is 0 Å². The van der Waals surface area contributed by atoms with Crippen molar-refractivity contribution < 1.29 is 24.1 Å². The van der Waals surface area contributed by atoms with Gasteiger partial charge in [-0.25, -0.2) is 4.79 Å². The van der Waals surface area contributed by atoms with Crippen LogP contribution in [0.25, 0.3) is 0 Å². The number of rotatable bonds is 2. The zero-order chi connectivity index (χ0) is 6.91. The molecule has 0 amide bonds. The normalized spacial score (nSPS) is 21.8. The van der Waals surface area contributed by atoms with Gasteiger partial charge >= 0.3 is 12.1 Å². The average molecular weight is 134 g/mol. The molecule has 5 heteroatoms. The summed E-state index contributed by atoms with van der Waals surface area (Å²) in [5.74, 6) is -1.52. The van der Waals surface area contributed by atoms with Crippen LogP contribution in [-0.4, -0.2) is 31.0 Å². The summed E-state index contributed by atoms with van der Waals surface area (Å²) in [6.07, 6.45) is -0.828. The number of aliphatic hydroxyl groups excluding tert-OH is 1. The molecular weight excluding hydrogens is 128 g/mol. The zero-order valence-electron chi connectivity index (χ0n) is 4.79. The van der Waals surface area contributed by atoms with E-state index in [4.69, 9.17) is 5.11 Å². The molecule has 0 saturated carbocycles. The third-order valence-corrected chi connectivity index (χ3v) is 0.982. The highest BCUT2D eigenvalue weighted by Gasteiger charge is 2.49. The van der Waals surface area contributed by atoms with Crippen molar-refractivity contribution in [2.24, 2.45) is 0 Å². The summed E-state index contributed by atoms with van der Waals surface area (Å²) in [5, 5.41) is 8.43. The largest absolute Gasteiger partial charge is 0.518 e. The highest BCUT2D eigenvalue weighted by atomic mass is 17.0. The maximum Gasteiger partial charge on any atom is 0.518 e. The monoisotopic (exact) mass is 134 g/mol. The Balaban J connectivity index is 2.44. The number of methoxy groups -OCH3 is 1. The molecule has 9 heavy (non-hydrogen) atoms. The lowest BCUT2D eigenvalue weighted by molar-refractivity contribution is -0.405. The third kappa shape index (κ3) is 0.839. The fourth-order valence-corrected chi connectivity index (χ4v) is 0.474. The van der Waals surface area contributed by atoms with E-state index in [1.807, 2.05) is 0 Å². The molecule has 0 aromatic heterocycles. The molecule has 0 aromatic rings. The van der Waals surface area contributed by atoms with Gasteiger partial charge in [-0.1, -0.05) is 0 Å². The van der Waals surface area contributed by atoms with Gasteiger partial charge in [0.15, 0.2) is 6.61 Å². The maximum atomic E-state index is 10.00. The van der Waals surface area contributed by atoms with E-state index in [9.17, 15) is 4.79 Å². The van der Waals surface area contributed by atoms with E-state index in [1.54, 1.807) is 0 Å². The van der Waals surface area contributed by atoms with Gasteiger partial charge in [0.1, 0.15) is 0 Å². The highest BCUT2D eigenvalue weighted by Crippen LogP contribution is 2.24. The Morgan fingerprint density at radius 1 is 1.78 bits per heavy atom. The Kier molecular flexibility index (Phi) is 1.30. The summed E-state index contributed by atoms with van der Waals surface area (Å²) in [7, 11) is 1.27. The predicted octanol–water partition coefficient (Wildman–Crippen LogP) is -0.554. The molecule has 0 radical (unpaired) electrons. The lowest BCUT2D eigenvalue weighted by Gasteiger charge is -2.35. The van der Waals surface area contributed by atoms with Gasteiger partial charge in [0.05, 0.1) is 0 Å². The van der Waals surface area contributed by atoms with Crippen LogP contribution in [0.4, 0.5) is 4.79 Å². The van der Waals surface area contributed by atoms with E-state index in [0.717, 1.165) is 0 Å². The number of hydrogen-bond acceptors (Lipinski definition) is 5. The van der Waals surface area contributed by atoms with Crippen molar-refractivity contribution in [1.29, 1.82) is 0 Å². The first-order chi connectivity index (χ1) is 4.22. The van der Waals surface area contributed by atoms with Crippen molar-refractivity contribution in [3.63, 3.8) is 0 Å². The second-order valence-corrected chi connectivity index (χ2v) is 1.50. The summed E-state index contributed by atoms with van der Waals surface area (Å²) in [6.45, 7) is -0.491. The van der Waals surface area contributed by atoms with E-state index in [-0.39, 0.29) is 0 Å². The number of aliphatic hydroxyl groups is 1. The van der Waals surface area contributed by atoms with Crippen molar-refractivity contribution in [3.8, 4) is 0 Å². The molecule has 0 spiro atoms. The van der Waals surface area contributed by atoms with Crippen LogP contribution >= 0.6 is 0 Å². The van der Waals surface area contributed by atoms with Gasteiger partial charge in [0, 0.05) is 7.11 Å². The topological polar surface area (TPSA) is 65.0 Å². The fourth-order valence-electron chi connectivity index (χ4n) is 0.474. The minimum Gasteiger partial charge on any atom is -0.385 e. The Morgan fingerprint density at radius 3 is 2.44 bits per heavy atom. The van der Waals surface area contributed by atoms with Gasteiger partial charge < -0.3 is 19.3 Å². The molecule has 1 saturated heterocycles. The Hall–Kier alpha value is -0.810. The predicted molar refractivity (Wildman–Crippen MR) is 24.4 cm³/mol. The minimum atomic E-state index is -1.52. The summed E-state index contributed by atoms with van der Waals surface area (Å²) >= 11 is 0. The number of carbonyl (C=O) groups excluding carboxylic acids is 1. The summed E-state index contributed by atoms with van der Waals surface area (Å²) in [6, 6.07) is 0. The summed E-state index contributed by atoms with van der Waals surface area (Å²) in [4.78, 5) is 10.00. The molecule has 1 aliphatic heterocycles. The molecular formula is C4H6O5. The molecule has 0 aliphatic carbocycles. The van der Waals surface area contributed by atoms with Gasteiger partial charge in [-0.3, -0.25) is 0 Å². The zero-order valence-corrected chi connectivity index (χ0v) is 4.79. The average Bonchev–Trinajstić information content (AvgIpc) is 1.81. The van der Waals surface area contributed by atoms with E-state index < -0.39 is 18.7 Å². The quantitative estimate of drug-likeness (QED) is 0.513. The van der Waals surface area contributed by atoms with Crippen LogP contribution in [0.1, 0.15) is 0 Å². The SMILES string of the molecule is COC1(CO)OC(=O)O1. The maximum absolute atomic E-state index is 10.00. The van der Waals surface area contributed by atoms with Crippen LogP contribution in [0, 0.1) is 0 Å². The van der Waals surface area contributed by atoms with Gasteiger partial charge in [-0.05, 0) is 0 Å². The molecule has 0 atom stereocenters. The fraction of sp³-hybridized carbons (Fsp3) is 0.750. The lowest BCUT2D eigenvalue weighted by Crippen LogP contribution is -2.54. The van der Waals surface area contributed by atoms with Crippen LogP contribution in [0.5, 0.6) is 0 Å². The minimum absolute atomic E-state index is 0.491. The van der Waals surface area contributed by atoms with E-state index >= 15 is 0 Å². The molecule has 1 aliphatic rings. The van der Waals surface area contributed by atoms with Gasteiger partial charge in [0.25, 0.3) is 0 Å². The summed E-state index contributed by atoms with van der Waals surface area (Å²) in [5.41, 5.74) is 0. The number of ether oxygens (including phenoxy) is 3. The first-order valence-electron chi connectivity index (χ1n) is 2.30. The molecule has 0 bridgehead atoms. The molecule has 0 aromatic carbocycles. The van der Waals surface area contributed by atoms with Gasteiger partial charge in [-0.2, -0.15) is 0 Å². The smallest absolute Gasteiger partial charge is 0.385 e. The second kappa shape index (κ2) is 1.85. The van der Waals surface area contributed by atoms with E-state index in [0.29, 0.717) is 0 Å². The van der Waals surface area contributed by atoms with Crippen molar-refractivity contribution in [3.05, 3.63) is 0 Å². The van der Waals surface area contributed by atoms with Gasteiger partial charge in [-0.15, -0.1) is 0 Å². The standard InChI is InChI=1S/C4H6O5/c1-7-4(2-5)8-3(6)9-4/h5H,2H2,1H3. The first kappa shape index (κ1) is 6.31. The van der Waals surface area contributed by atoms with Crippen molar-refractivity contribution >= 4 is 6.16 Å². The van der Waals surface area contributed by atoms with E-state index in [2.05, 4.69) is 14.2 Å². The van der Waals surface area contributed by atoms with Crippen molar-refractivity contribution in [2.75, 3.05) is 13.7 Å². The Labute approximate surface area is 51.1 Å². The van der Waals surface area contributed by atoms with Crippen LogP contribution in [0.15, 0.2) is 0 Å². The molecule has 1 fully saturated rings. The molecule has 0 unspecified atom stereocenters. The highest BCUT2D eigenvalue weighted by molar-refractivity contribution is 5.65. The lowest BCUT2D eigenvalue weighted by atomic mass is 10.5. The first-order valence-corrected chi connectivity index (χ1v) is 2.30. The third-order valence-electron chi connectivity index (χ3n) is 0.982. The Bertz CT molecular complexity index is 117. The number of carbonyl (C=O) groups is 1. The molecule has 52 valence electrons. The van der Waals surface area contributed by atoms with Gasteiger partial charge in [0.2, 0.25) is 0 Å². The van der Waals surface area contributed by atoms with Crippen LogP contribution in [-0.2, 0) is 14.2 Å². The number of cyclic esters (lactones) is 2. The molecule has 1 heterocycles. The molecule has 5 nitrogen and oxygen atoms in total.